The summed E-state index contributed by atoms with van der Waals surface area (Å²) in [7, 11) is 2.63. The highest BCUT2D eigenvalue weighted by Gasteiger charge is 2.23. The van der Waals surface area contributed by atoms with E-state index in [-0.39, 0.29) is 22.6 Å². The lowest BCUT2D eigenvalue weighted by molar-refractivity contribution is -0.138. The lowest BCUT2D eigenvalue weighted by atomic mass is 10.0. The second-order valence-electron chi connectivity index (χ2n) is 3.42. The van der Waals surface area contributed by atoms with Gasteiger partial charge in [0.2, 0.25) is 0 Å². The molecule has 0 spiro atoms. The summed E-state index contributed by atoms with van der Waals surface area (Å²) in [6.45, 7) is 0. The van der Waals surface area contributed by atoms with Gasteiger partial charge in [-0.05, 0) is 6.07 Å². The van der Waals surface area contributed by atoms with Crippen molar-refractivity contribution in [2.45, 2.75) is 6.04 Å². The average molecular weight is 255 g/mol. The van der Waals surface area contributed by atoms with E-state index in [0.717, 1.165) is 6.07 Å². The fourth-order valence-corrected chi connectivity index (χ4v) is 1.47. The zero-order valence-corrected chi connectivity index (χ0v) is 9.84. The number of carboxylic acid groups (broad SMARTS) is 2. The van der Waals surface area contributed by atoms with Crippen LogP contribution in [0.3, 0.4) is 0 Å². The first kappa shape index (κ1) is 13.8. The molecule has 0 aromatic heterocycles. The molecule has 0 aliphatic heterocycles. The second-order valence-corrected chi connectivity index (χ2v) is 3.42. The predicted octanol–water partition coefficient (Wildman–Crippen LogP) is 0.486. The molecule has 0 saturated carbocycles. The molecule has 0 radical (unpaired) electrons. The van der Waals surface area contributed by atoms with Crippen LogP contribution in [-0.4, -0.2) is 36.4 Å². The van der Waals surface area contributed by atoms with E-state index in [1.165, 1.54) is 20.3 Å². The number of aromatic carboxylic acids is 1. The van der Waals surface area contributed by atoms with E-state index >= 15 is 0 Å². The molecule has 0 unspecified atom stereocenters. The van der Waals surface area contributed by atoms with Crippen molar-refractivity contribution in [1.82, 2.24) is 0 Å². The molecular formula is C11H13NO6. The van der Waals surface area contributed by atoms with Crippen LogP contribution in [-0.2, 0) is 4.79 Å². The third-order valence-corrected chi connectivity index (χ3v) is 2.38. The number of carboxylic acids is 2. The maximum atomic E-state index is 11.0. The standard InChI is InChI=1S/C11H13NO6/c1-17-7-4-8(18-2)6(10(13)14)3-5(7)9(12)11(15)16/h3-4,9H,12H2,1-2H3,(H,13,14)(H,15,16)/t9-/m0/s1. The molecule has 0 amide bonds. The highest BCUT2D eigenvalue weighted by Crippen LogP contribution is 2.32. The number of hydrogen-bond acceptors (Lipinski definition) is 5. The number of ether oxygens (including phenoxy) is 2. The van der Waals surface area contributed by atoms with Crippen molar-refractivity contribution >= 4 is 11.9 Å². The van der Waals surface area contributed by atoms with E-state index in [9.17, 15) is 9.59 Å². The Labute approximate surface area is 103 Å². The molecule has 1 aromatic carbocycles. The molecule has 7 nitrogen and oxygen atoms in total. The molecule has 1 aromatic rings. The van der Waals surface area contributed by atoms with Crippen LogP contribution in [0.2, 0.25) is 0 Å². The van der Waals surface area contributed by atoms with Crippen LogP contribution in [0.5, 0.6) is 11.5 Å². The molecule has 0 aliphatic carbocycles. The summed E-state index contributed by atoms with van der Waals surface area (Å²) in [5.41, 5.74) is 5.36. The van der Waals surface area contributed by atoms with Gasteiger partial charge in [-0.2, -0.15) is 0 Å². The van der Waals surface area contributed by atoms with E-state index < -0.39 is 18.0 Å². The topological polar surface area (TPSA) is 119 Å². The van der Waals surface area contributed by atoms with Crippen LogP contribution in [0.25, 0.3) is 0 Å². The van der Waals surface area contributed by atoms with Crippen LogP contribution in [0.4, 0.5) is 0 Å². The van der Waals surface area contributed by atoms with Crippen molar-refractivity contribution in [2.75, 3.05) is 14.2 Å². The summed E-state index contributed by atoms with van der Waals surface area (Å²) in [6.07, 6.45) is 0. The minimum absolute atomic E-state index is 0.0701. The maximum Gasteiger partial charge on any atom is 0.339 e. The van der Waals surface area contributed by atoms with Gasteiger partial charge in [0.05, 0.1) is 14.2 Å². The monoisotopic (exact) mass is 255 g/mol. The van der Waals surface area contributed by atoms with Crippen LogP contribution in [0, 0.1) is 0 Å². The first-order valence-electron chi connectivity index (χ1n) is 4.90. The predicted molar refractivity (Wildman–Crippen MR) is 61.1 cm³/mol. The lowest BCUT2D eigenvalue weighted by Gasteiger charge is -2.15. The van der Waals surface area contributed by atoms with Gasteiger partial charge in [-0.3, -0.25) is 4.79 Å². The van der Waals surface area contributed by atoms with Gasteiger partial charge in [0, 0.05) is 11.6 Å². The number of methoxy groups -OCH3 is 2. The molecule has 0 heterocycles. The summed E-state index contributed by atoms with van der Waals surface area (Å²) in [6, 6.07) is 1.06. The molecule has 98 valence electrons. The fourth-order valence-electron chi connectivity index (χ4n) is 1.47. The fraction of sp³-hybridized carbons (Fsp3) is 0.273. The number of aliphatic carboxylic acids is 1. The molecule has 0 saturated heterocycles. The van der Waals surface area contributed by atoms with Crippen LogP contribution < -0.4 is 15.2 Å². The lowest BCUT2D eigenvalue weighted by Crippen LogP contribution is -2.22. The summed E-state index contributed by atoms with van der Waals surface area (Å²) >= 11 is 0. The van der Waals surface area contributed by atoms with Crippen LogP contribution >= 0.6 is 0 Å². The highest BCUT2D eigenvalue weighted by atomic mass is 16.5. The normalized spacial score (nSPS) is 11.7. The molecule has 18 heavy (non-hydrogen) atoms. The van der Waals surface area contributed by atoms with Crippen LogP contribution in [0.1, 0.15) is 22.0 Å². The highest BCUT2D eigenvalue weighted by molar-refractivity contribution is 5.92. The van der Waals surface area contributed by atoms with Gasteiger partial charge < -0.3 is 25.4 Å². The SMILES string of the molecule is COc1cc(OC)c([C@H](N)C(=O)O)cc1C(=O)O. The smallest absolute Gasteiger partial charge is 0.339 e. The van der Waals surface area contributed by atoms with Crippen molar-refractivity contribution in [1.29, 1.82) is 0 Å². The number of rotatable bonds is 5. The van der Waals surface area contributed by atoms with Gasteiger partial charge in [0.25, 0.3) is 0 Å². The maximum absolute atomic E-state index is 11.0. The quantitative estimate of drug-likeness (QED) is 0.700. The zero-order chi connectivity index (χ0) is 13.9. The average Bonchev–Trinajstić information content (AvgIpc) is 2.35. The van der Waals surface area contributed by atoms with E-state index in [0.29, 0.717) is 0 Å². The summed E-state index contributed by atoms with van der Waals surface area (Å²) < 4.78 is 9.87. The third kappa shape index (κ3) is 2.51. The second kappa shape index (κ2) is 5.37. The van der Waals surface area contributed by atoms with Crippen molar-refractivity contribution in [2.24, 2.45) is 5.73 Å². The summed E-state index contributed by atoms with van der Waals surface area (Å²) in [5, 5.41) is 17.8. The van der Waals surface area contributed by atoms with Crippen molar-refractivity contribution in [3.8, 4) is 11.5 Å². The summed E-state index contributed by atoms with van der Waals surface area (Å²) in [4.78, 5) is 21.9. The Morgan fingerprint density at radius 1 is 1.17 bits per heavy atom. The van der Waals surface area contributed by atoms with Gasteiger partial charge in [0.1, 0.15) is 23.1 Å². The van der Waals surface area contributed by atoms with Crippen molar-refractivity contribution in [3.63, 3.8) is 0 Å². The molecular weight excluding hydrogens is 242 g/mol. The third-order valence-electron chi connectivity index (χ3n) is 2.38. The summed E-state index contributed by atoms with van der Waals surface area (Å²) in [5.74, 6) is -2.30. The largest absolute Gasteiger partial charge is 0.496 e. The van der Waals surface area contributed by atoms with E-state index in [1.807, 2.05) is 0 Å². The molecule has 0 bridgehead atoms. The molecule has 4 N–H and O–H groups in total. The Kier molecular flexibility index (Phi) is 4.11. The van der Waals surface area contributed by atoms with Gasteiger partial charge in [0.15, 0.2) is 0 Å². The van der Waals surface area contributed by atoms with Crippen molar-refractivity contribution < 1.29 is 29.3 Å². The van der Waals surface area contributed by atoms with Gasteiger partial charge in [-0.15, -0.1) is 0 Å². The zero-order valence-electron chi connectivity index (χ0n) is 9.84. The molecule has 1 rings (SSSR count). The molecule has 0 aliphatic rings. The molecule has 0 fully saturated rings. The number of carbonyl (C=O) groups is 2. The van der Waals surface area contributed by atoms with E-state index in [4.69, 9.17) is 25.4 Å². The Bertz CT molecular complexity index is 485. The Morgan fingerprint density at radius 3 is 2.11 bits per heavy atom. The van der Waals surface area contributed by atoms with Crippen LogP contribution in [0.15, 0.2) is 12.1 Å². The number of benzene rings is 1. The first-order chi connectivity index (χ1) is 8.42. The van der Waals surface area contributed by atoms with Gasteiger partial charge in [-0.25, -0.2) is 4.79 Å². The van der Waals surface area contributed by atoms with Gasteiger partial charge in [-0.1, -0.05) is 0 Å². The van der Waals surface area contributed by atoms with Gasteiger partial charge >= 0.3 is 11.9 Å². The number of nitrogens with two attached hydrogens (primary N) is 1. The Balaban J connectivity index is 3.45. The minimum Gasteiger partial charge on any atom is -0.496 e. The Hall–Kier alpha value is -2.28. The van der Waals surface area contributed by atoms with E-state index in [2.05, 4.69) is 0 Å². The van der Waals surface area contributed by atoms with E-state index in [1.54, 1.807) is 0 Å². The molecule has 7 heteroatoms. The Morgan fingerprint density at radius 2 is 1.72 bits per heavy atom. The minimum atomic E-state index is -1.37. The van der Waals surface area contributed by atoms with Crippen molar-refractivity contribution in [3.05, 3.63) is 23.3 Å². The molecule has 1 atom stereocenters. The first-order valence-corrected chi connectivity index (χ1v) is 4.90. The number of hydrogen-bond donors (Lipinski definition) is 3.